The molecule has 122 valence electrons. The van der Waals surface area contributed by atoms with Crippen LogP contribution in [0.5, 0.6) is 0 Å². The maximum atomic E-state index is 12.6. The Morgan fingerprint density at radius 2 is 2.00 bits per heavy atom. The van der Waals surface area contributed by atoms with E-state index in [1.54, 1.807) is 6.92 Å². The molecule has 0 saturated carbocycles. The summed E-state index contributed by atoms with van der Waals surface area (Å²) in [5.41, 5.74) is 1.25. The van der Waals surface area contributed by atoms with Crippen molar-refractivity contribution in [3.05, 3.63) is 17.0 Å². The van der Waals surface area contributed by atoms with Gasteiger partial charge in [0.05, 0.1) is 12.3 Å². The second-order valence-corrected chi connectivity index (χ2v) is 5.66. The lowest BCUT2D eigenvalue weighted by molar-refractivity contribution is -0.144. The van der Waals surface area contributed by atoms with Crippen LogP contribution in [0.4, 0.5) is 0 Å². The van der Waals surface area contributed by atoms with Crippen LogP contribution in [0.25, 0.3) is 0 Å². The number of hydrogen-bond acceptors (Lipinski definition) is 5. The van der Waals surface area contributed by atoms with Gasteiger partial charge in [-0.1, -0.05) is 12.1 Å². The Bertz CT molecular complexity index is 530. The molecule has 1 saturated heterocycles. The summed E-state index contributed by atoms with van der Waals surface area (Å²) in [4.78, 5) is 26.0. The van der Waals surface area contributed by atoms with Crippen LogP contribution in [-0.4, -0.2) is 41.6 Å². The molecule has 0 bridgehead atoms. The molecule has 6 heteroatoms. The van der Waals surface area contributed by atoms with Gasteiger partial charge in [0.25, 0.3) is 5.91 Å². The molecule has 0 radical (unpaired) electrons. The largest absolute Gasteiger partial charge is 0.466 e. The van der Waals surface area contributed by atoms with Crippen molar-refractivity contribution in [1.29, 1.82) is 0 Å². The van der Waals surface area contributed by atoms with E-state index in [9.17, 15) is 9.59 Å². The van der Waals surface area contributed by atoms with Gasteiger partial charge in [0.1, 0.15) is 11.3 Å². The SMILES string of the molecule is CCOC(=O)CC1CCN(C(=O)c2c(C)noc2CC)CC1. The number of amides is 1. The number of rotatable bonds is 5. The Hall–Kier alpha value is -1.85. The summed E-state index contributed by atoms with van der Waals surface area (Å²) in [6.07, 6.45) is 2.76. The average Bonchev–Trinajstić information content (AvgIpc) is 2.88. The van der Waals surface area contributed by atoms with E-state index in [1.807, 2.05) is 18.7 Å². The molecule has 1 aliphatic rings. The van der Waals surface area contributed by atoms with Crippen molar-refractivity contribution < 1.29 is 18.8 Å². The summed E-state index contributed by atoms with van der Waals surface area (Å²) in [6.45, 7) is 7.30. The standard InChI is InChI=1S/C16H24N2O4/c1-4-13-15(11(3)17-22-13)16(20)18-8-6-12(7-9-18)10-14(19)21-5-2/h12H,4-10H2,1-3H3. The van der Waals surface area contributed by atoms with Crippen LogP contribution in [-0.2, 0) is 16.0 Å². The molecule has 22 heavy (non-hydrogen) atoms. The van der Waals surface area contributed by atoms with E-state index < -0.39 is 0 Å². The van der Waals surface area contributed by atoms with Gasteiger partial charge in [-0.05, 0) is 32.6 Å². The molecule has 6 nitrogen and oxygen atoms in total. The van der Waals surface area contributed by atoms with Gasteiger partial charge in [-0.15, -0.1) is 0 Å². The van der Waals surface area contributed by atoms with E-state index in [2.05, 4.69) is 5.16 Å². The van der Waals surface area contributed by atoms with E-state index in [-0.39, 0.29) is 11.9 Å². The van der Waals surface area contributed by atoms with Gasteiger partial charge in [-0.25, -0.2) is 0 Å². The number of aryl methyl sites for hydroxylation is 2. The smallest absolute Gasteiger partial charge is 0.306 e. The molecular weight excluding hydrogens is 284 g/mol. The Balaban J connectivity index is 1.92. The van der Waals surface area contributed by atoms with Crippen molar-refractivity contribution in [2.45, 2.75) is 46.5 Å². The van der Waals surface area contributed by atoms with Gasteiger partial charge in [0, 0.05) is 25.9 Å². The van der Waals surface area contributed by atoms with Crippen molar-refractivity contribution in [2.75, 3.05) is 19.7 Å². The molecule has 1 amide bonds. The van der Waals surface area contributed by atoms with Crippen LogP contribution in [0.1, 0.15) is 54.9 Å². The Labute approximate surface area is 130 Å². The Morgan fingerprint density at radius 3 is 2.59 bits per heavy atom. The quantitative estimate of drug-likeness (QED) is 0.781. The van der Waals surface area contributed by atoms with E-state index in [1.165, 1.54) is 0 Å². The summed E-state index contributed by atoms with van der Waals surface area (Å²) < 4.78 is 10.2. The highest BCUT2D eigenvalue weighted by Crippen LogP contribution is 2.24. The molecule has 2 heterocycles. The molecule has 1 aliphatic heterocycles. The van der Waals surface area contributed by atoms with E-state index in [4.69, 9.17) is 9.26 Å². The lowest BCUT2D eigenvalue weighted by Crippen LogP contribution is -2.39. The fourth-order valence-corrected chi connectivity index (χ4v) is 2.89. The van der Waals surface area contributed by atoms with Crippen molar-refractivity contribution in [1.82, 2.24) is 10.1 Å². The first kappa shape index (κ1) is 16.5. The number of carbonyl (C=O) groups is 2. The third-order valence-electron chi connectivity index (χ3n) is 4.13. The zero-order chi connectivity index (χ0) is 16.1. The van der Waals surface area contributed by atoms with Crippen LogP contribution in [0.2, 0.25) is 0 Å². The minimum Gasteiger partial charge on any atom is -0.466 e. The summed E-state index contributed by atoms with van der Waals surface area (Å²) >= 11 is 0. The van der Waals surface area contributed by atoms with E-state index in [0.29, 0.717) is 55.5 Å². The summed E-state index contributed by atoms with van der Waals surface area (Å²) in [7, 11) is 0. The predicted molar refractivity (Wildman–Crippen MR) is 80.5 cm³/mol. The first-order chi connectivity index (χ1) is 10.6. The first-order valence-corrected chi connectivity index (χ1v) is 7.96. The van der Waals surface area contributed by atoms with Crippen molar-refractivity contribution in [3.63, 3.8) is 0 Å². The van der Waals surface area contributed by atoms with Gasteiger partial charge in [0.2, 0.25) is 0 Å². The molecule has 2 rings (SSSR count). The van der Waals surface area contributed by atoms with Crippen LogP contribution >= 0.6 is 0 Å². The third-order valence-corrected chi connectivity index (χ3v) is 4.13. The fourth-order valence-electron chi connectivity index (χ4n) is 2.89. The Morgan fingerprint density at radius 1 is 1.32 bits per heavy atom. The molecule has 0 aliphatic carbocycles. The molecule has 1 aromatic rings. The molecule has 0 aromatic carbocycles. The second-order valence-electron chi connectivity index (χ2n) is 5.66. The first-order valence-electron chi connectivity index (χ1n) is 7.96. The minimum absolute atomic E-state index is 0.00909. The van der Waals surface area contributed by atoms with Gasteiger partial charge < -0.3 is 14.2 Å². The molecule has 1 aromatic heterocycles. The van der Waals surface area contributed by atoms with E-state index in [0.717, 1.165) is 12.8 Å². The average molecular weight is 308 g/mol. The molecule has 1 fully saturated rings. The topological polar surface area (TPSA) is 72.6 Å². The number of aromatic nitrogens is 1. The maximum absolute atomic E-state index is 12.6. The zero-order valence-electron chi connectivity index (χ0n) is 13.6. The van der Waals surface area contributed by atoms with Crippen LogP contribution in [0, 0.1) is 12.8 Å². The lowest BCUT2D eigenvalue weighted by atomic mass is 9.93. The number of piperidine rings is 1. The van der Waals surface area contributed by atoms with Crippen molar-refractivity contribution in [2.24, 2.45) is 5.92 Å². The summed E-state index contributed by atoms with van der Waals surface area (Å²) in [6, 6.07) is 0. The highest BCUT2D eigenvalue weighted by atomic mass is 16.5. The lowest BCUT2D eigenvalue weighted by Gasteiger charge is -2.31. The number of hydrogen-bond donors (Lipinski definition) is 0. The van der Waals surface area contributed by atoms with Crippen LogP contribution in [0.15, 0.2) is 4.52 Å². The zero-order valence-corrected chi connectivity index (χ0v) is 13.6. The van der Waals surface area contributed by atoms with Gasteiger partial charge in [0.15, 0.2) is 0 Å². The predicted octanol–water partition coefficient (Wildman–Crippen LogP) is 2.35. The third kappa shape index (κ3) is 3.67. The maximum Gasteiger partial charge on any atom is 0.306 e. The molecule has 0 unspecified atom stereocenters. The fraction of sp³-hybridized carbons (Fsp3) is 0.688. The van der Waals surface area contributed by atoms with Crippen molar-refractivity contribution >= 4 is 11.9 Å². The highest BCUT2D eigenvalue weighted by molar-refractivity contribution is 5.96. The molecule has 0 spiro atoms. The minimum atomic E-state index is -0.143. The number of likely N-dealkylation sites (tertiary alicyclic amines) is 1. The Kier molecular flexibility index (Phi) is 5.57. The second kappa shape index (κ2) is 7.42. The van der Waals surface area contributed by atoms with Crippen LogP contribution in [0.3, 0.4) is 0 Å². The number of nitrogens with zero attached hydrogens (tertiary/aromatic N) is 2. The highest BCUT2D eigenvalue weighted by Gasteiger charge is 2.29. The van der Waals surface area contributed by atoms with Crippen LogP contribution < -0.4 is 0 Å². The van der Waals surface area contributed by atoms with Gasteiger partial charge >= 0.3 is 5.97 Å². The summed E-state index contributed by atoms with van der Waals surface area (Å²) in [5.74, 6) is 0.800. The molecular formula is C16H24N2O4. The normalized spacial score (nSPS) is 15.9. The van der Waals surface area contributed by atoms with Crippen molar-refractivity contribution in [3.8, 4) is 0 Å². The number of esters is 1. The van der Waals surface area contributed by atoms with Gasteiger partial charge in [-0.3, -0.25) is 9.59 Å². The summed E-state index contributed by atoms with van der Waals surface area (Å²) in [5, 5.41) is 3.89. The molecule has 0 atom stereocenters. The number of ether oxygens (including phenoxy) is 1. The van der Waals surface area contributed by atoms with Gasteiger partial charge in [-0.2, -0.15) is 0 Å². The van der Waals surface area contributed by atoms with E-state index >= 15 is 0 Å². The molecule has 0 N–H and O–H groups in total. The monoisotopic (exact) mass is 308 g/mol. The number of carbonyl (C=O) groups excluding carboxylic acids is 2.